The number of rotatable bonds is 5. The van der Waals surface area contributed by atoms with Crippen molar-refractivity contribution in [3.05, 3.63) is 34.6 Å². The van der Waals surface area contributed by atoms with Gasteiger partial charge in [-0.25, -0.2) is 4.39 Å². The smallest absolute Gasteiger partial charge is 0.123 e. The highest BCUT2D eigenvalue weighted by atomic mass is 35.5. The lowest BCUT2D eigenvalue weighted by Gasteiger charge is -2.20. The Bertz CT molecular complexity index is 317. The molecule has 0 aliphatic carbocycles. The molecule has 1 rings (SSSR count). The number of hydrogen-bond donors (Lipinski definition) is 1. The first-order chi connectivity index (χ1) is 7.17. The van der Waals surface area contributed by atoms with Crippen molar-refractivity contribution in [1.29, 1.82) is 0 Å². The zero-order chi connectivity index (χ0) is 11.3. The van der Waals surface area contributed by atoms with Gasteiger partial charge in [-0.2, -0.15) is 0 Å². The number of nitrogens with zero attached hydrogens (tertiary/aromatic N) is 1. The second kappa shape index (κ2) is 6.05. The van der Waals surface area contributed by atoms with Crippen LogP contribution < -0.4 is 5.73 Å². The summed E-state index contributed by atoms with van der Waals surface area (Å²) in [4.78, 5) is 2.13. The summed E-state index contributed by atoms with van der Waals surface area (Å²) >= 11 is 5.97. The molecular formula is C11H16ClFN2. The van der Waals surface area contributed by atoms with Crippen LogP contribution in [0.25, 0.3) is 0 Å². The van der Waals surface area contributed by atoms with E-state index in [4.69, 9.17) is 17.3 Å². The summed E-state index contributed by atoms with van der Waals surface area (Å²) in [6.07, 6.45) is 0. The molecule has 0 fully saturated rings. The molecule has 1 aromatic carbocycles. The summed E-state index contributed by atoms with van der Waals surface area (Å²) in [5, 5.41) is 0.604. The van der Waals surface area contributed by atoms with E-state index in [1.54, 1.807) is 6.07 Å². The van der Waals surface area contributed by atoms with Crippen molar-refractivity contribution in [2.45, 2.75) is 13.5 Å². The van der Waals surface area contributed by atoms with E-state index in [2.05, 4.69) is 4.90 Å². The van der Waals surface area contributed by atoms with Crippen LogP contribution in [-0.4, -0.2) is 24.5 Å². The molecule has 0 saturated heterocycles. The first-order valence-electron chi connectivity index (χ1n) is 5.03. The molecule has 1 aromatic rings. The number of halogens is 2. The van der Waals surface area contributed by atoms with Crippen molar-refractivity contribution in [3.8, 4) is 0 Å². The Balaban J connectivity index is 2.73. The number of hydrogen-bond acceptors (Lipinski definition) is 2. The Hall–Kier alpha value is -0.640. The third-order valence-corrected chi connectivity index (χ3v) is 2.66. The average Bonchev–Trinajstić information content (AvgIpc) is 2.22. The van der Waals surface area contributed by atoms with Crippen LogP contribution in [0.3, 0.4) is 0 Å². The summed E-state index contributed by atoms with van der Waals surface area (Å²) in [5.74, 6) is -0.252. The predicted molar refractivity (Wildman–Crippen MR) is 61.4 cm³/mol. The van der Waals surface area contributed by atoms with Crippen LogP contribution in [0.15, 0.2) is 18.2 Å². The van der Waals surface area contributed by atoms with E-state index in [1.165, 1.54) is 12.1 Å². The van der Waals surface area contributed by atoms with Gasteiger partial charge in [-0.3, -0.25) is 4.90 Å². The van der Waals surface area contributed by atoms with Gasteiger partial charge in [-0.15, -0.1) is 0 Å². The molecule has 0 atom stereocenters. The number of nitrogens with two attached hydrogens (primary N) is 1. The molecule has 0 aromatic heterocycles. The van der Waals surface area contributed by atoms with Crippen LogP contribution in [0.2, 0.25) is 5.02 Å². The largest absolute Gasteiger partial charge is 0.329 e. The van der Waals surface area contributed by atoms with Gasteiger partial charge < -0.3 is 5.73 Å². The Morgan fingerprint density at radius 3 is 2.80 bits per heavy atom. The van der Waals surface area contributed by atoms with Gasteiger partial charge in [0, 0.05) is 24.7 Å². The van der Waals surface area contributed by atoms with Gasteiger partial charge in [0.15, 0.2) is 0 Å². The molecule has 2 N–H and O–H groups in total. The van der Waals surface area contributed by atoms with Gasteiger partial charge in [-0.05, 0) is 30.3 Å². The average molecular weight is 231 g/mol. The Morgan fingerprint density at radius 1 is 1.47 bits per heavy atom. The summed E-state index contributed by atoms with van der Waals surface area (Å²) < 4.78 is 13.0. The fourth-order valence-electron chi connectivity index (χ4n) is 1.44. The minimum atomic E-state index is -0.252. The van der Waals surface area contributed by atoms with Gasteiger partial charge in [0.1, 0.15) is 5.82 Å². The monoisotopic (exact) mass is 230 g/mol. The third-order valence-electron chi connectivity index (χ3n) is 2.29. The van der Waals surface area contributed by atoms with E-state index < -0.39 is 0 Å². The van der Waals surface area contributed by atoms with Gasteiger partial charge in [0.2, 0.25) is 0 Å². The maximum absolute atomic E-state index is 13.0. The van der Waals surface area contributed by atoms with Gasteiger partial charge >= 0.3 is 0 Å². The normalized spacial score (nSPS) is 11.0. The van der Waals surface area contributed by atoms with Gasteiger partial charge in [-0.1, -0.05) is 18.5 Å². The molecule has 0 radical (unpaired) electrons. The molecule has 4 heteroatoms. The molecule has 0 unspecified atom stereocenters. The maximum Gasteiger partial charge on any atom is 0.123 e. The topological polar surface area (TPSA) is 29.3 Å². The molecule has 0 spiro atoms. The van der Waals surface area contributed by atoms with Gasteiger partial charge in [0.25, 0.3) is 0 Å². The lowest BCUT2D eigenvalue weighted by molar-refractivity contribution is 0.288. The lowest BCUT2D eigenvalue weighted by atomic mass is 10.2. The Labute approximate surface area is 94.8 Å². The quantitative estimate of drug-likeness (QED) is 0.841. The molecule has 0 amide bonds. The molecule has 0 aliphatic rings. The van der Waals surface area contributed by atoms with Crippen LogP contribution in [0.1, 0.15) is 12.5 Å². The van der Waals surface area contributed by atoms with Crippen molar-refractivity contribution in [1.82, 2.24) is 4.90 Å². The van der Waals surface area contributed by atoms with Crippen LogP contribution in [0, 0.1) is 5.82 Å². The van der Waals surface area contributed by atoms with Crippen LogP contribution in [0.5, 0.6) is 0 Å². The van der Waals surface area contributed by atoms with Crippen LogP contribution >= 0.6 is 11.6 Å². The van der Waals surface area contributed by atoms with E-state index in [0.29, 0.717) is 18.1 Å². The molecular weight excluding hydrogens is 215 g/mol. The first kappa shape index (κ1) is 12.4. The maximum atomic E-state index is 13.0. The molecule has 0 bridgehead atoms. The highest BCUT2D eigenvalue weighted by Crippen LogP contribution is 2.18. The summed E-state index contributed by atoms with van der Waals surface area (Å²) in [5.41, 5.74) is 6.29. The molecule has 2 nitrogen and oxygen atoms in total. The summed E-state index contributed by atoms with van der Waals surface area (Å²) in [6.45, 7) is 4.96. The van der Waals surface area contributed by atoms with Crippen LogP contribution in [0.4, 0.5) is 4.39 Å². The van der Waals surface area contributed by atoms with E-state index in [-0.39, 0.29) is 5.82 Å². The van der Waals surface area contributed by atoms with Crippen molar-refractivity contribution in [3.63, 3.8) is 0 Å². The number of benzene rings is 1. The molecule has 0 heterocycles. The van der Waals surface area contributed by atoms with Gasteiger partial charge in [0.05, 0.1) is 0 Å². The second-order valence-electron chi connectivity index (χ2n) is 3.39. The number of likely N-dealkylation sites (N-methyl/N-ethyl adjacent to an activating group) is 1. The molecule has 0 aliphatic heterocycles. The SMILES string of the molecule is CCN(CCN)Cc1cc(F)ccc1Cl. The van der Waals surface area contributed by atoms with E-state index in [1.807, 2.05) is 6.92 Å². The molecule has 15 heavy (non-hydrogen) atoms. The van der Waals surface area contributed by atoms with Crippen molar-refractivity contribution in [2.75, 3.05) is 19.6 Å². The fraction of sp³-hybridized carbons (Fsp3) is 0.455. The minimum Gasteiger partial charge on any atom is -0.329 e. The summed E-state index contributed by atoms with van der Waals surface area (Å²) in [7, 11) is 0. The second-order valence-corrected chi connectivity index (χ2v) is 3.80. The minimum absolute atomic E-state index is 0.252. The zero-order valence-corrected chi connectivity index (χ0v) is 9.60. The first-order valence-corrected chi connectivity index (χ1v) is 5.41. The van der Waals surface area contributed by atoms with Crippen LogP contribution in [-0.2, 0) is 6.54 Å². The fourth-order valence-corrected chi connectivity index (χ4v) is 1.61. The van der Waals surface area contributed by atoms with Crippen molar-refractivity contribution >= 4 is 11.6 Å². The third kappa shape index (κ3) is 3.78. The van der Waals surface area contributed by atoms with E-state index in [9.17, 15) is 4.39 Å². The summed E-state index contributed by atoms with van der Waals surface area (Å²) in [6, 6.07) is 4.43. The van der Waals surface area contributed by atoms with Crippen molar-refractivity contribution < 1.29 is 4.39 Å². The predicted octanol–water partition coefficient (Wildman–Crippen LogP) is 2.26. The highest BCUT2D eigenvalue weighted by molar-refractivity contribution is 6.31. The van der Waals surface area contributed by atoms with Crippen molar-refractivity contribution in [2.24, 2.45) is 5.73 Å². The standard InChI is InChI=1S/C11H16ClFN2/c1-2-15(6-5-14)8-9-7-10(13)3-4-11(9)12/h3-4,7H,2,5-6,8,14H2,1H3. The molecule has 84 valence electrons. The Morgan fingerprint density at radius 2 is 2.20 bits per heavy atom. The lowest BCUT2D eigenvalue weighted by Crippen LogP contribution is -2.28. The molecule has 0 saturated carbocycles. The van der Waals surface area contributed by atoms with E-state index in [0.717, 1.165) is 18.7 Å². The highest BCUT2D eigenvalue weighted by Gasteiger charge is 2.07. The zero-order valence-electron chi connectivity index (χ0n) is 8.84. The van der Waals surface area contributed by atoms with E-state index >= 15 is 0 Å². The Kier molecular flexibility index (Phi) is 5.02.